The van der Waals surface area contributed by atoms with Gasteiger partial charge in [0.25, 0.3) is 0 Å². The third kappa shape index (κ3) is 2.75. The van der Waals surface area contributed by atoms with Crippen LogP contribution in [-0.4, -0.2) is 27.2 Å². The molecular weight excluding hydrogens is 298 g/mol. The third-order valence-electron chi connectivity index (χ3n) is 4.00. The molecule has 1 aromatic carbocycles. The number of amides is 1. The average molecular weight is 315 g/mol. The molecule has 1 aliphatic heterocycles. The molecule has 0 radical (unpaired) electrons. The molecule has 8 heteroatoms. The molecule has 0 aliphatic carbocycles. The van der Waals surface area contributed by atoms with E-state index in [4.69, 9.17) is 0 Å². The van der Waals surface area contributed by atoms with Crippen molar-refractivity contribution in [3.05, 3.63) is 45.6 Å². The van der Waals surface area contributed by atoms with Gasteiger partial charge in [0, 0.05) is 31.6 Å². The van der Waals surface area contributed by atoms with Crippen molar-refractivity contribution in [3.63, 3.8) is 0 Å². The van der Waals surface area contributed by atoms with Crippen LogP contribution in [0.4, 0.5) is 17.2 Å². The van der Waals surface area contributed by atoms with Crippen LogP contribution in [0, 0.1) is 17.0 Å². The number of fused-ring (bicyclic) bond motifs is 1. The van der Waals surface area contributed by atoms with Gasteiger partial charge >= 0.3 is 5.69 Å². The van der Waals surface area contributed by atoms with Crippen LogP contribution in [0.3, 0.4) is 0 Å². The lowest BCUT2D eigenvalue weighted by Crippen LogP contribution is -2.27. The van der Waals surface area contributed by atoms with Gasteiger partial charge in [-0.2, -0.15) is 5.10 Å². The molecule has 2 heterocycles. The van der Waals surface area contributed by atoms with Crippen molar-refractivity contribution in [2.75, 3.05) is 17.2 Å². The van der Waals surface area contributed by atoms with Crippen LogP contribution in [0.5, 0.6) is 0 Å². The van der Waals surface area contributed by atoms with Crippen molar-refractivity contribution >= 4 is 23.1 Å². The second-order valence-electron chi connectivity index (χ2n) is 5.58. The molecule has 2 aromatic rings. The summed E-state index contributed by atoms with van der Waals surface area (Å²) in [7, 11) is 1.66. The first-order valence-electron chi connectivity index (χ1n) is 7.28. The molecule has 120 valence electrons. The Balaban J connectivity index is 1.85. The zero-order valence-corrected chi connectivity index (χ0v) is 12.9. The topological polar surface area (TPSA) is 102 Å². The maximum atomic E-state index is 11.8. The van der Waals surface area contributed by atoms with E-state index in [1.54, 1.807) is 14.0 Å². The average Bonchev–Trinajstić information content (AvgIpc) is 2.78. The fourth-order valence-corrected chi connectivity index (χ4v) is 2.97. The molecular formula is C15H17N5O3. The summed E-state index contributed by atoms with van der Waals surface area (Å²) in [6, 6.07) is 7.60. The molecule has 1 aliphatic rings. The minimum absolute atomic E-state index is 0.0268. The van der Waals surface area contributed by atoms with Gasteiger partial charge in [-0.25, -0.2) is 4.68 Å². The van der Waals surface area contributed by atoms with Crippen LogP contribution in [0.2, 0.25) is 0 Å². The molecule has 0 unspecified atom stereocenters. The molecule has 0 saturated carbocycles. The van der Waals surface area contributed by atoms with Gasteiger partial charge in [0.15, 0.2) is 0 Å². The largest absolute Gasteiger partial charge is 0.364 e. The molecule has 1 amide bonds. The van der Waals surface area contributed by atoms with E-state index >= 15 is 0 Å². The van der Waals surface area contributed by atoms with E-state index in [0.29, 0.717) is 24.5 Å². The predicted octanol–water partition coefficient (Wildman–Crippen LogP) is 2.17. The number of aromatic nitrogens is 2. The maximum Gasteiger partial charge on any atom is 0.333 e. The zero-order chi connectivity index (χ0) is 16.6. The van der Waals surface area contributed by atoms with Gasteiger partial charge in [-0.15, -0.1) is 0 Å². The minimum Gasteiger partial charge on any atom is -0.364 e. The molecule has 0 spiro atoms. The molecule has 1 aromatic heterocycles. The summed E-state index contributed by atoms with van der Waals surface area (Å²) in [6.07, 6.45) is 0.342. The quantitative estimate of drug-likeness (QED) is 0.665. The molecule has 0 saturated heterocycles. The number of aryl methyl sites for hydroxylation is 2. The standard InChI is InChI=1S/C15H17N5O3/c1-9-14(20(22)23)15(19(2)18-9)16-8-10-7-13(21)17-12-6-4-3-5-11(10)12/h3-6,10,16H,7-8H2,1-2H3,(H,17,21)/t10-/m0/s1. The lowest BCUT2D eigenvalue weighted by atomic mass is 9.90. The van der Waals surface area contributed by atoms with E-state index in [2.05, 4.69) is 15.7 Å². The van der Waals surface area contributed by atoms with Crippen LogP contribution in [0.25, 0.3) is 0 Å². The van der Waals surface area contributed by atoms with Crippen LogP contribution in [0.1, 0.15) is 23.6 Å². The summed E-state index contributed by atoms with van der Waals surface area (Å²) in [5.41, 5.74) is 2.16. The fourth-order valence-electron chi connectivity index (χ4n) is 2.97. The summed E-state index contributed by atoms with van der Waals surface area (Å²) in [5, 5.41) is 21.2. The zero-order valence-electron chi connectivity index (χ0n) is 12.9. The number of benzene rings is 1. The molecule has 8 nitrogen and oxygen atoms in total. The van der Waals surface area contributed by atoms with E-state index in [1.165, 1.54) is 4.68 Å². The Hall–Kier alpha value is -2.90. The highest BCUT2D eigenvalue weighted by Gasteiger charge is 2.28. The normalized spacial score (nSPS) is 16.6. The summed E-state index contributed by atoms with van der Waals surface area (Å²) >= 11 is 0. The first-order chi connectivity index (χ1) is 11.0. The van der Waals surface area contributed by atoms with E-state index in [-0.39, 0.29) is 17.5 Å². The summed E-state index contributed by atoms with van der Waals surface area (Å²) in [5.74, 6) is 0.261. The van der Waals surface area contributed by atoms with Gasteiger partial charge in [-0.3, -0.25) is 14.9 Å². The third-order valence-corrected chi connectivity index (χ3v) is 4.00. The van der Waals surface area contributed by atoms with Gasteiger partial charge in [0.1, 0.15) is 5.69 Å². The number of nitrogens with zero attached hydrogens (tertiary/aromatic N) is 3. The van der Waals surface area contributed by atoms with Crippen molar-refractivity contribution in [1.29, 1.82) is 0 Å². The number of carbonyl (C=O) groups excluding carboxylic acids is 1. The highest BCUT2D eigenvalue weighted by Crippen LogP contribution is 2.33. The number of anilines is 2. The summed E-state index contributed by atoms with van der Waals surface area (Å²) < 4.78 is 1.46. The van der Waals surface area contributed by atoms with Gasteiger partial charge < -0.3 is 10.6 Å². The Morgan fingerprint density at radius 2 is 2.22 bits per heavy atom. The second-order valence-corrected chi connectivity index (χ2v) is 5.58. The molecule has 23 heavy (non-hydrogen) atoms. The number of carbonyl (C=O) groups is 1. The summed E-state index contributed by atoms with van der Waals surface area (Å²) in [6.45, 7) is 2.02. The van der Waals surface area contributed by atoms with Gasteiger partial charge in [-0.05, 0) is 18.6 Å². The first-order valence-corrected chi connectivity index (χ1v) is 7.28. The van der Waals surface area contributed by atoms with Crippen LogP contribution >= 0.6 is 0 Å². The Kier molecular flexibility index (Phi) is 3.73. The van der Waals surface area contributed by atoms with Gasteiger partial charge in [0.05, 0.1) is 4.92 Å². The minimum atomic E-state index is -0.438. The van der Waals surface area contributed by atoms with E-state index < -0.39 is 4.92 Å². The van der Waals surface area contributed by atoms with Crippen molar-refractivity contribution in [1.82, 2.24) is 9.78 Å². The van der Waals surface area contributed by atoms with Gasteiger partial charge in [-0.1, -0.05) is 18.2 Å². The molecule has 0 bridgehead atoms. The lowest BCUT2D eigenvalue weighted by molar-refractivity contribution is -0.384. The molecule has 0 fully saturated rings. The van der Waals surface area contributed by atoms with Crippen molar-refractivity contribution in [3.8, 4) is 0 Å². The first kappa shape index (κ1) is 15.0. The number of para-hydroxylation sites is 1. The molecule has 2 N–H and O–H groups in total. The molecule has 3 rings (SSSR count). The molecule has 1 atom stereocenters. The van der Waals surface area contributed by atoms with E-state index in [0.717, 1.165) is 11.3 Å². The fraction of sp³-hybridized carbons (Fsp3) is 0.333. The highest BCUT2D eigenvalue weighted by atomic mass is 16.6. The summed E-state index contributed by atoms with van der Waals surface area (Å²) in [4.78, 5) is 22.6. The SMILES string of the molecule is Cc1nn(C)c(NC[C@@H]2CC(=O)Nc3ccccc32)c1[N+](=O)[O-]. The van der Waals surface area contributed by atoms with Gasteiger partial charge in [0.2, 0.25) is 11.7 Å². The Morgan fingerprint density at radius 1 is 1.48 bits per heavy atom. The number of nitro groups is 1. The highest BCUT2D eigenvalue weighted by molar-refractivity contribution is 5.94. The van der Waals surface area contributed by atoms with Crippen molar-refractivity contribution in [2.24, 2.45) is 7.05 Å². The van der Waals surface area contributed by atoms with E-state index in [1.807, 2.05) is 24.3 Å². The number of nitrogens with one attached hydrogen (secondary N) is 2. The lowest BCUT2D eigenvalue weighted by Gasteiger charge is -2.25. The van der Waals surface area contributed by atoms with Crippen molar-refractivity contribution in [2.45, 2.75) is 19.3 Å². The maximum absolute atomic E-state index is 11.8. The Labute approximate surface area is 132 Å². The number of rotatable bonds is 4. The predicted molar refractivity (Wildman–Crippen MR) is 85.5 cm³/mol. The number of hydrogen-bond donors (Lipinski definition) is 2. The van der Waals surface area contributed by atoms with Crippen LogP contribution in [0.15, 0.2) is 24.3 Å². The van der Waals surface area contributed by atoms with E-state index in [9.17, 15) is 14.9 Å². The smallest absolute Gasteiger partial charge is 0.333 e. The van der Waals surface area contributed by atoms with Crippen molar-refractivity contribution < 1.29 is 9.72 Å². The Morgan fingerprint density at radius 3 is 2.96 bits per heavy atom. The number of hydrogen-bond acceptors (Lipinski definition) is 5. The van der Waals surface area contributed by atoms with Crippen LogP contribution in [-0.2, 0) is 11.8 Å². The van der Waals surface area contributed by atoms with Crippen LogP contribution < -0.4 is 10.6 Å². The Bertz CT molecular complexity index is 783. The second kappa shape index (κ2) is 5.71. The monoisotopic (exact) mass is 315 g/mol.